The number of imidazole rings is 1. The summed E-state index contributed by atoms with van der Waals surface area (Å²) in [4.78, 5) is 19.2. The smallest absolute Gasteiger partial charge is 0.222 e. The lowest BCUT2D eigenvalue weighted by Gasteiger charge is -2.32. The van der Waals surface area contributed by atoms with Crippen LogP contribution in [0.5, 0.6) is 0 Å². The molecule has 0 radical (unpaired) electrons. The summed E-state index contributed by atoms with van der Waals surface area (Å²) in [6, 6.07) is 18.9. The molecule has 1 N–H and O–H groups in total. The lowest BCUT2D eigenvalue weighted by atomic mass is 10.0. The van der Waals surface area contributed by atoms with Gasteiger partial charge in [0.1, 0.15) is 0 Å². The van der Waals surface area contributed by atoms with E-state index in [-0.39, 0.29) is 5.91 Å². The zero-order valence-corrected chi connectivity index (χ0v) is 15.6. The third-order valence-corrected chi connectivity index (χ3v) is 5.31. The molecule has 140 valence electrons. The van der Waals surface area contributed by atoms with Gasteiger partial charge in [-0.3, -0.25) is 9.69 Å². The molecule has 1 amide bonds. The molecule has 1 aliphatic heterocycles. The Morgan fingerprint density at radius 1 is 1.04 bits per heavy atom. The Balaban J connectivity index is 1.21. The molecule has 1 aliphatic rings. The topological polar surface area (TPSA) is 50.2 Å². The van der Waals surface area contributed by atoms with E-state index in [1.165, 1.54) is 5.56 Å². The lowest BCUT2D eigenvalue weighted by Crippen LogP contribution is -2.44. The number of carbonyl (C=O) groups excluding carboxylic acids is 1. The van der Waals surface area contributed by atoms with E-state index in [2.05, 4.69) is 50.1 Å². The second-order valence-corrected chi connectivity index (χ2v) is 7.28. The third-order valence-electron chi connectivity index (χ3n) is 5.31. The van der Waals surface area contributed by atoms with E-state index in [1.807, 2.05) is 30.6 Å². The predicted molar refractivity (Wildman–Crippen MR) is 107 cm³/mol. The fraction of sp³-hybridized carbons (Fsp3) is 0.364. The molecule has 0 bridgehead atoms. The zero-order valence-electron chi connectivity index (χ0n) is 15.6. The first kappa shape index (κ1) is 17.7. The van der Waals surface area contributed by atoms with E-state index in [1.54, 1.807) is 0 Å². The summed E-state index contributed by atoms with van der Waals surface area (Å²) in [5.74, 6) is 0.134. The van der Waals surface area contributed by atoms with E-state index in [4.69, 9.17) is 0 Å². The fourth-order valence-electron chi connectivity index (χ4n) is 3.79. The Bertz CT molecular complexity index is 881. The van der Waals surface area contributed by atoms with E-state index in [0.717, 1.165) is 43.5 Å². The molecular formula is C22H26N4O. The average Bonchev–Trinajstić information content (AvgIpc) is 3.12. The van der Waals surface area contributed by atoms with Crippen LogP contribution in [0.4, 0.5) is 0 Å². The molecule has 3 aromatic rings. The van der Waals surface area contributed by atoms with Gasteiger partial charge in [0.15, 0.2) is 0 Å². The maximum absolute atomic E-state index is 12.4. The third kappa shape index (κ3) is 4.55. The lowest BCUT2D eigenvalue weighted by molar-refractivity contribution is -0.122. The number of likely N-dealkylation sites (tertiary alicyclic amines) is 1. The van der Waals surface area contributed by atoms with Gasteiger partial charge in [-0.2, -0.15) is 0 Å². The van der Waals surface area contributed by atoms with Crippen molar-refractivity contribution in [3.63, 3.8) is 0 Å². The van der Waals surface area contributed by atoms with Crippen LogP contribution >= 0.6 is 0 Å². The van der Waals surface area contributed by atoms with E-state index in [0.29, 0.717) is 19.0 Å². The Morgan fingerprint density at radius 3 is 2.59 bits per heavy atom. The van der Waals surface area contributed by atoms with Gasteiger partial charge in [-0.05, 0) is 30.5 Å². The number of nitrogens with one attached hydrogen (secondary N) is 1. The molecule has 5 nitrogen and oxygen atoms in total. The van der Waals surface area contributed by atoms with Gasteiger partial charge in [0.05, 0.1) is 17.4 Å². The number of hydrogen-bond donors (Lipinski definition) is 1. The van der Waals surface area contributed by atoms with Gasteiger partial charge in [0, 0.05) is 38.6 Å². The van der Waals surface area contributed by atoms with Crippen LogP contribution in [-0.2, 0) is 17.9 Å². The van der Waals surface area contributed by atoms with E-state index < -0.39 is 0 Å². The highest BCUT2D eigenvalue weighted by Gasteiger charge is 2.20. The number of aromatic nitrogens is 2. The van der Waals surface area contributed by atoms with Crippen LogP contribution in [0.1, 0.15) is 24.8 Å². The average molecular weight is 362 g/mol. The highest BCUT2D eigenvalue weighted by atomic mass is 16.1. The monoisotopic (exact) mass is 362 g/mol. The number of carbonyl (C=O) groups is 1. The number of rotatable bonds is 6. The van der Waals surface area contributed by atoms with Crippen molar-refractivity contribution in [2.24, 2.45) is 0 Å². The summed E-state index contributed by atoms with van der Waals surface area (Å²) in [5.41, 5.74) is 3.41. The molecule has 0 spiro atoms. The number of amides is 1. The first-order valence-electron chi connectivity index (χ1n) is 9.73. The standard InChI is InChI=1S/C22H26N4O/c27-22(12-15-26-17-23-20-8-4-5-9-21(20)26)24-19-10-13-25(14-11-19)16-18-6-2-1-3-7-18/h1-9,17,19H,10-16H2,(H,24,27). The summed E-state index contributed by atoms with van der Waals surface area (Å²) < 4.78 is 2.05. The highest BCUT2D eigenvalue weighted by molar-refractivity contribution is 5.77. The number of piperidine rings is 1. The Hall–Kier alpha value is -2.66. The largest absolute Gasteiger partial charge is 0.353 e. The predicted octanol–water partition coefficient (Wildman–Crippen LogP) is 3.21. The van der Waals surface area contributed by atoms with Crippen LogP contribution in [0, 0.1) is 0 Å². The summed E-state index contributed by atoms with van der Waals surface area (Å²) >= 11 is 0. The van der Waals surface area contributed by atoms with Crippen LogP contribution in [0.3, 0.4) is 0 Å². The molecule has 4 rings (SSSR count). The molecule has 1 aromatic heterocycles. The zero-order chi connectivity index (χ0) is 18.5. The van der Waals surface area contributed by atoms with Gasteiger partial charge < -0.3 is 9.88 Å². The molecule has 27 heavy (non-hydrogen) atoms. The van der Waals surface area contributed by atoms with Crippen LogP contribution in [0.25, 0.3) is 11.0 Å². The molecule has 0 unspecified atom stereocenters. The molecule has 0 atom stereocenters. The van der Waals surface area contributed by atoms with Crippen molar-refractivity contribution in [3.8, 4) is 0 Å². The number of para-hydroxylation sites is 2. The maximum atomic E-state index is 12.4. The number of hydrogen-bond acceptors (Lipinski definition) is 3. The summed E-state index contributed by atoms with van der Waals surface area (Å²) in [7, 11) is 0. The van der Waals surface area contributed by atoms with Gasteiger partial charge in [0.25, 0.3) is 0 Å². The number of aryl methyl sites for hydroxylation is 1. The number of nitrogens with zero attached hydrogens (tertiary/aromatic N) is 3. The molecular weight excluding hydrogens is 336 g/mol. The van der Waals surface area contributed by atoms with Gasteiger partial charge in [0.2, 0.25) is 5.91 Å². The minimum absolute atomic E-state index is 0.134. The van der Waals surface area contributed by atoms with Gasteiger partial charge in [-0.15, -0.1) is 0 Å². The van der Waals surface area contributed by atoms with Crippen LogP contribution in [0.2, 0.25) is 0 Å². The second-order valence-electron chi connectivity index (χ2n) is 7.28. The molecule has 1 fully saturated rings. The van der Waals surface area contributed by atoms with Crippen molar-refractivity contribution in [1.29, 1.82) is 0 Å². The SMILES string of the molecule is O=C(CCn1cnc2ccccc21)NC1CCN(Cc2ccccc2)CC1. The molecule has 2 aromatic carbocycles. The quantitative estimate of drug-likeness (QED) is 0.733. The van der Waals surface area contributed by atoms with E-state index >= 15 is 0 Å². The number of fused-ring (bicyclic) bond motifs is 1. The first-order valence-corrected chi connectivity index (χ1v) is 9.73. The Kier molecular flexibility index (Phi) is 5.49. The minimum Gasteiger partial charge on any atom is -0.353 e. The normalized spacial score (nSPS) is 15.9. The fourth-order valence-corrected chi connectivity index (χ4v) is 3.79. The van der Waals surface area contributed by atoms with Gasteiger partial charge in [-0.25, -0.2) is 4.98 Å². The molecule has 2 heterocycles. The highest BCUT2D eigenvalue weighted by Crippen LogP contribution is 2.15. The second kappa shape index (κ2) is 8.35. The molecule has 5 heteroatoms. The number of benzene rings is 2. The summed E-state index contributed by atoms with van der Waals surface area (Å²) in [5, 5.41) is 3.21. The Morgan fingerprint density at radius 2 is 1.78 bits per heavy atom. The van der Waals surface area contributed by atoms with Crippen molar-refractivity contribution in [3.05, 3.63) is 66.5 Å². The van der Waals surface area contributed by atoms with Crippen molar-refractivity contribution < 1.29 is 4.79 Å². The van der Waals surface area contributed by atoms with Crippen LogP contribution < -0.4 is 5.32 Å². The van der Waals surface area contributed by atoms with Crippen molar-refractivity contribution in [1.82, 2.24) is 19.8 Å². The van der Waals surface area contributed by atoms with Crippen molar-refractivity contribution in [2.45, 2.75) is 38.4 Å². The van der Waals surface area contributed by atoms with Crippen molar-refractivity contribution in [2.75, 3.05) is 13.1 Å². The van der Waals surface area contributed by atoms with Crippen LogP contribution in [0.15, 0.2) is 60.9 Å². The summed E-state index contributed by atoms with van der Waals surface area (Å²) in [6.45, 7) is 3.73. The van der Waals surface area contributed by atoms with Gasteiger partial charge >= 0.3 is 0 Å². The summed E-state index contributed by atoms with van der Waals surface area (Å²) in [6.07, 6.45) is 4.35. The maximum Gasteiger partial charge on any atom is 0.222 e. The molecule has 0 saturated carbocycles. The van der Waals surface area contributed by atoms with Gasteiger partial charge in [-0.1, -0.05) is 42.5 Å². The Labute approximate surface area is 160 Å². The molecule has 1 saturated heterocycles. The minimum atomic E-state index is 0.134. The molecule has 0 aliphatic carbocycles. The van der Waals surface area contributed by atoms with Crippen molar-refractivity contribution >= 4 is 16.9 Å². The van der Waals surface area contributed by atoms with Crippen LogP contribution in [-0.4, -0.2) is 39.5 Å². The first-order chi connectivity index (χ1) is 13.3. The van der Waals surface area contributed by atoms with E-state index in [9.17, 15) is 4.79 Å².